The van der Waals surface area contributed by atoms with Gasteiger partial charge in [-0.3, -0.25) is 4.98 Å². The summed E-state index contributed by atoms with van der Waals surface area (Å²) in [5, 5.41) is 0. The molecule has 3 heteroatoms. The molecule has 1 aliphatic rings. The zero-order chi connectivity index (χ0) is 12.3. The van der Waals surface area contributed by atoms with E-state index in [1.165, 1.54) is 31.5 Å². The van der Waals surface area contributed by atoms with Gasteiger partial charge in [-0.25, -0.2) is 0 Å². The van der Waals surface area contributed by atoms with Crippen LogP contribution in [0, 0.1) is 5.92 Å². The summed E-state index contributed by atoms with van der Waals surface area (Å²) in [6.45, 7) is 6.50. The van der Waals surface area contributed by atoms with Crippen LogP contribution in [0.2, 0.25) is 0 Å². The van der Waals surface area contributed by atoms with Gasteiger partial charge in [0, 0.05) is 19.1 Å². The number of pyridine rings is 1. The Morgan fingerprint density at radius 1 is 1.47 bits per heavy atom. The van der Waals surface area contributed by atoms with E-state index >= 15 is 0 Å². The van der Waals surface area contributed by atoms with Gasteiger partial charge in [0.1, 0.15) is 0 Å². The first kappa shape index (κ1) is 12.4. The summed E-state index contributed by atoms with van der Waals surface area (Å²) in [6, 6.07) is 4.23. The zero-order valence-corrected chi connectivity index (χ0v) is 10.9. The lowest BCUT2D eigenvalue weighted by molar-refractivity contribution is 0.704. The maximum absolute atomic E-state index is 5.81. The molecule has 0 radical (unpaired) electrons. The van der Waals surface area contributed by atoms with Crippen LogP contribution < -0.4 is 10.6 Å². The molecule has 2 rings (SSSR count). The molecule has 1 atom stereocenters. The summed E-state index contributed by atoms with van der Waals surface area (Å²) < 4.78 is 0. The molecule has 2 N–H and O–H groups in total. The van der Waals surface area contributed by atoms with E-state index in [0.717, 1.165) is 18.2 Å². The van der Waals surface area contributed by atoms with E-state index < -0.39 is 0 Å². The summed E-state index contributed by atoms with van der Waals surface area (Å²) in [5.74, 6) is 0.912. The van der Waals surface area contributed by atoms with Crippen LogP contribution in [0.5, 0.6) is 0 Å². The lowest BCUT2D eigenvalue weighted by Gasteiger charge is -2.24. The second-order valence-electron chi connectivity index (χ2n) is 5.12. The van der Waals surface area contributed by atoms with E-state index in [-0.39, 0.29) is 6.04 Å². The summed E-state index contributed by atoms with van der Waals surface area (Å²) in [7, 11) is 0. The van der Waals surface area contributed by atoms with Gasteiger partial charge in [-0.2, -0.15) is 0 Å². The maximum atomic E-state index is 5.81. The molecule has 0 aliphatic heterocycles. The molecule has 0 aromatic carbocycles. The monoisotopic (exact) mass is 233 g/mol. The normalized spacial score (nSPS) is 16.9. The summed E-state index contributed by atoms with van der Waals surface area (Å²) in [4.78, 5) is 6.90. The van der Waals surface area contributed by atoms with Crippen LogP contribution >= 0.6 is 0 Å². The molecule has 3 nitrogen and oxygen atoms in total. The molecule has 1 unspecified atom stereocenters. The SMILES string of the molecule is CCCN(CC1CC1)c1ccc(C(C)N)nc1. The Morgan fingerprint density at radius 3 is 2.71 bits per heavy atom. The highest BCUT2D eigenvalue weighted by atomic mass is 15.1. The third-order valence-corrected chi connectivity index (χ3v) is 3.27. The summed E-state index contributed by atoms with van der Waals surface area (Å²) in [6.07, 6.45) is 5.94. The van der Waals surface area contributed by atoms with Gasteiger partial charge in [-0.1, -0.05) is 6.92 Å². The number of hydrogen-bond acceptors (Lipinski definition) is 3. The number of hydrogen-bond donors (Lipinski definition) is 1. The summed E-state index contributed by atoms with van der Waals surface area (Å²) >= 11 is 0. The largest absolute Gasteiger partial charge is 0.370 e. The molecule has 94 valence electrons. The predicted octanol–water partition coefficient (Wildman–Crippen LogP) is 2.73. The Morgan fingerprint density at radius 2 is 2.24 bits per heavy atom. The summed E-state index contributed by atoms with van der Waals surface area (Å²) in [5.41, 5.74) is 8.02. The molecule has 1 fully saturated rings. The average Bonchev–Trinajstić information content (AvgIpc) is 3.13. The number of anilines is 1. The van der Waals surface area contributed by atoms with Gasteiger partial charge in [-0.15, -0.1) is 0 Å². The quantitative estimate of drug-likeness (QED) is 0.821. The smallest absolute Gasteiger partial charge is 0.0569 e. The molecule has 1 aromatic heterocycles. The Bertz CT molecular complexity index is 341. The molecular formula is C14H23N3. The van der Waals surface area contributed by atoms with Crippen molar-refractivity contribution in [2.45, 2.75) is 39.2 Å². The number of aromatic nitrogens is 1. The standard InChI is InChI=1S/C14H23N3/c1-3-8-17(10-12-4-5-12)13-6-7-14(11(2)15)16-9-13/h6-7,9,11-12H,3-5,8,10,15H2,1-2H3. The fourth-order valence-corrected chi connectivity index (χ4v) is 2.06. The van der Waals surface area contributed by atoms with Crippen molar-refractivity contribution in [1.82, 2.24) is 4.98 Å². The zero-order valence-electron chi connectivity index (χ0n) is 10.9. The van der Waals surface area contributed by atoms with Crippen molar-refractivity contribution in [3.05, 3.63) is 24.0 Å². The van der Waals surface area contributed by atoms with Gasteiger partial charge in [-0.05, 0) is 44.2 Å². The van der Waals surface area contributed by atoms with E-state index in [9.17, 15) is 0 Å². The fourth-order valence-electron chi connectivity index (χ4n) is 2.06. The minimum Gasteiger partial charge on any atom is -0.370 e. The molecule has 0 amide bonds. The first-order chi connectivity index (χ1) is 8.20. The van der Waals surface area contributed by atoms with Crippen LogP contribution in [0.25, 0.3) is 0 Å². The second-order valence-corrected chi connectivity index (χ2v) is 5.12. The number of nitrogens with zero attached hydrogens (tertiary/aromatic N) is 2. The molecule has 1 heterocycles. The van der Waals surface area contributed by atoms with Crippen molar-refractivity contribution in [3.63, 3.8) is 0 Å². The van der Waals surface area contributed by atoms with E-state index in [0.29, 0.717) is 0 Å². The first-order valence-electron chi connectivity index (χ1n) is 6.67. The molecule has 1 aromatic rings. The van der Waals surface area contributed by atoms with Crippen molar-refractivity contribution < 1.29 is 0 Å². The van der Waals surface area contributed by atoms with Gasteiger partial charge in [0.15, 0.2) is 0 Å². The molecular weight excluding hydrogens is 210 g/mol. The number of rotatable bonds is 6. The van der Waals surface area contributed by atoms with Gasteiger partial charge in [0.2, 0.25) is 0 Å². The second kappa shape index (κ2) is 5.50. The van der Waals surface area contributed by atoms with E-state index in [4.69, 9.17) is 5.73 Å². The van der Waals surface area contributed by atoms with Gasteiger partial charge >= 0.3 is 0 Å². The molecule has 17 heavy (non-hydrogen) atoms. The average molecular weight is 233 g/mol. The highest BCUT2D eigenvalue weighted by Crippen LogP contribution is 2.31. The van der Waals surface area contributed by atoms with E-state index in [1.54, 1.807) is 0 Å². The number of nitrogens with two attached hydrogens (primary N) is 1. The van der Waals surface area contributed by atoms with Crippen LogP contribution in [0.1, 0.15) is 44.8 Å². The third kappa shape index (κ3) is 3.43. The van der Waals surface area contributed by atoms with Gasteiger partial charge in [0.25, 0.3) is 0 Å². The predicted molar refractivity (Wildman–Crippen MR) is 72.1 cm³/mol. The Hall–Kier alpha value is -1.09. The molecule has 1 saturated carbocycles. The molecule has 0 spiro atoms. The third-order valence-electron chi connectivity index (χ3n) is 3.27. The Kier molecular flexibility index (Phi) is 4.00. The first-order valence-corrected chi connectivity index (χ1v) is 6.67. The highest BCUT2D eigenvalue weighted by Gasteiger charge is 2.24. The molecule has 0 bridgehead atoms. The van der Waals surface area contributed by atoms with Crippen LogP contribution in [-0.4, -0.2) is 18.1 Å². The molecule has 1 aliphatic carbocycles. The minimum absolute atomic E-state index is 0.0205. The maximum Gasteiger partial charge on any atom is 0.0569 e. The van der Waals surface area contributed by atoms with Crippen molar-refractivity contribution in [1.29, 1.82) is 0 Å². The van der Waals surface area contributed by atoms with Crippen molar-refractivity contribution in [3.8, 4) is 0 Å². The van der Waals surface area contributed by atoms with E-state index in [2.05, 4.69) is 28.9 Å². The van der Waals surface area contributed by atoms with Crippen LogP contribution in [0.15, 0.2) is 18.3 Å². The van der Waals surface area contributed by atoms with Crippen molar-refractivity contribution in [2.75, 3.05) is 18.0 Å². The van der Waals surface area contributed by atoms with Crippen molar-refractivity contribution in [2.24, 2.45) is 11.7 Å². The van der Waals surface area contributed by atoms with Crippen LogP contribution in [-0.2, 0) is 0 Å². The van der Waals surface area contributed by atoms with Gasteiger partial charge < -0.3 is 10.6 Å². The lowest BCUT2D eigenvalue weighted by Crippen LogP contribution is -2.26. The van der Waals surface area contributed by atoms with Crippen LogP contribution in [0.4, 0.5) is 5.69 Å². The molecule has 0 saturated heterocycles. The van der Waals surface area contributed by atoms with Crippen molar-refractivity contribution >= 4 is 5.69 Å². The highest BCUT2D eigenvalue weighted by molar-refractivity contribution is 5.45. The lowest BCUT2D eigenvalue weighted by atomic mass is 10.2. The Balaban J connectivity index is 2.05. The minimum atomic E-state index is 0.0205. The van der Waals surface area contributed by atoms with Crippen LogP contribution in [0.3, 0.4) is 0 Å². The van der Waals surface area contributed by atoms with E-state index in [1.807, 2.05) is 13.1 Å². The van der Waals surface area contributed by atoms with Gasteiger partial charge in [0.05, 0.1) is 17.6 Å². The fraction of sp³-hybridized carbons (Fsp3) is 0.643. The Labute approximate surface area is 104 Å². The topological polar surface area (TPSA) is 42.1 Å².